The third kappa shape index (κ3) is 3.43. The van der Waals surface area contributed by atoms with E-state index in [0.29, 0.717) is 12.5 Å². The van der Waals surface area contributed by atoms with Crippen molar-refractivity contribution in [1.29, 1.82) is 0 Å². The molecule has 0 aliphatic rings. The van der Waals surface area contributed by atoms with Crippen LogP contribution in [0.15, 0.2) is 35.7 Å². The second-order valence-corrected chi connectivity index (χ2v) is 6.01. The van der Waals surface area contributed by atoms with E-state index in [9.17, 15) is 17.6 Å². The van der Waals surface area contributed by atoms with Crippen molar-refractivity contribution in [2.75, 3.05) is 13.1 Å². The maximum atomic E-state index is 13.9. The average molecular weight is 301 g/mol. The fourth-order valence-electron chi connectivity index (χ4n) is 1.69. The van der Waals surface area contributed by atoms with Crippen LogP contribution >= 0.6 is 0 Å². The number of hydrogen-bond acceptors (Lipinski definition) is 3. The number of carbonyl (C=O) groups is 1. The summed E-state index contributed by atoms with van der Waals surface area (Å²) in [5, 5.41) is 8.74. The van der Waals surface area contributed by atoms with Crippen LogP contribution in [0.1, 0.15) is 23.7 Å². The molecule has 0 amide bonds. The highest BCUT2D eigenvalue weighted by atomic mass is 32.2. The zero-order chi connectivity index (χ0) is 15.3. The Bertz CT molecular complexity index is 613. The zero-order valence-electron chi connectivity index (χ0n) is 11.0. The molecule has 0 aliphatic heterocycles. The van der Waals surface area contributed by atoms with E-state index in [2.05, 4.69) is 6.58 Å². The van der Waals surface area contributed by atoms with Gasteiger partial charge in [0, 0.05) is 13.1 Å². The van der Waals surface area contributed by atoms with Gasteiger partial charge in [-0.1, -0.05) is 13.0 Å². The molecule has 1 aromatic carbocycles. The number of carboxylic acids is 1. The molecule has 0 heterocycles. The van der Waals surface area contributed by atoms with Gasteiger partial charge in [0.1, 0.15) is 10.7 Å². The van der Waals surface area contributed by atoms with Crippen LogP contribution in [0.5, 0.6) is 0 Å². The van der Waals surface area contributed by atoms with E-state index < -0.39 is 26.7 Å². The van der Waals surface area contributed by atoms with Gasteiger partial charge in [-0.25, -0.2) is 17.6 Å². The molecule has 110 valence electrons. The first kappa shape index (κ1) is 16.3. The zero-order valence-corrected chi connectivity index (χ0v) is 11.9. The molecular formula is C13H16FNO4S. The Morgan fingerprint density at radius 3 is 2.60 bits per heavy atom. The second-order valence-electron chi connectivity index (χ2n) is 4.10. The van der Waals surface area contributed by atoms with Gasteiger partial charge in [-0.15, -0.1) is 6.58 Å². The Morgan fingerprint density at radius 2 is 2.15 bits per heavy atom. The van der Waals surface area contributed by atoms with Crippen molar-refractivity contribution in [2.24, 2.45) is 0 Å². The SMILES string of the molecule is C=CCN(CCC)S(=O)(=O)c1ccc(C(=O)O)cc1F. The third-order valence-electron chi connectivity index (χ3n) is 2.60. The topological polar surface area (TPSA) is 74.7 Å². The van der Waals surface area contributed by atoms with Gasteiger partial charge in [-0.2, -0.15) is 4.31 Å². The molecule has 1 aromatic rings. The van der Waals surface area contributed by atoms with Crippen LogP contribution in [0.3, 0.4) is 0 Å². The number of benzene rings is 1. The number of halogens is 1. The Labute approximate surface area is 117 Å². The van der Waals surface area contributed by atoms with Crippen LogP contribution in [0.2, 0.25) is 0 Å². The maximum absolute atomic E-state index is 13.9. The Morgan fingerprint density at radius 1 is 1.50 bits per heavy atom. The predicted octanol–water partition coefficient (Wildman–Crippen LogP) is 2.11. The number of hydrogen-bond donors (Lipinski definition) is 1. The highest BCUT2D eigenvalue weighted by molar-refractivity contribution is 7.89. The number of carboxylic acid groups (broad SMARTS) is 1. The molecule has 7 heteroatoms. The van der Waals surface area contributed by atoms with E-state index in [-0.39, 0.29) is 18.7 Å². The van der Waals surface area contributed by atoms with Crippen molar-refractivity contribution in [2.45, 2.75) is 18.2 Å². The van der Waals surface area contributed by atoms with E-state index in [1.54, 1.807) is 6.92 Å². The first-order valence-electron chi connectivity index (χ1n) is 5.98. The summed E-state index contributed by atoms with van der Waals surface area (Å²) in [6.45, 7) is 5.57. The molecule has 0 radical (unpaired) electrons. The minimum absolute atomic E-state index is 0.0658. The van der Waals surface area contributed by atoms with Crippen LogP contribution in [-0.4, -0.2) is 36.9 Å². The van der Waals surface area contributed by atoms with Crippen LogP contribution < -0.4 is 0 Å². The molecule has 1 rings (SSSR count). The summed E-state index contributed by atoms with van der Waals surface area (Å²) in [4.78, 5) is 10.2. The van der Waals surface area contributed by atoms with E-state index in [1.807, 2.05) is 0 Å². The van der Waals surface area contributed by atoms with Crippen LogP contribution in [0.4, 0.5) is 4.39 Å². The summed E-state index contributed by atoms with van der Waals surface area (Å²) >= 11 is 0. The van der Waals surface area contributed by atoms with Crippen LogP contribution in [0, 0.1) is 5.82 Å². The molecule has 0 spiro atoms. The molecule has 0 atom stereocenters. The third-order valence-corrected chi connectivity index (χ3v) is 4.50. The molecule has 0 aliphatic carbocycles. The number of aromatic carboxylic acids is 1. The Hall–Kier alpha value is -1.73. The molecule has 0 saturated heterocycles. The lowest BCUT2D eigenvalue weighted by Crippen LogP contribution is -2.32. The van der Waals surface area contributed by atoms with Crippen LogP contribution in [0.25, 0.3) is 0 Å². The van der Waals surface area contributed by atoms with Gasteiger partial charge in [-0.05, 0) is 24.6 Å². The summed E-state index contributed by atoms with van der Waals surface area (Å²) in [5.41, 5.74) is -0.299. The van der Waals surface area contributed by atoms with Crippen molar-refractivity contribution in [3.05, 3.63) is 42.2 Å². The standard InChI is InChI=1S/C13H16FNO4S/c1-3-7-15(8-4-2)20(18,19)12-6-5-10(13(16)17)9-11(12)14/h3,5-6,9H,1,4,7-8H2,2H3,(H,16,17). The first-order chi connectivity index (χ1) is 9.34. The van der Waals surface area contributed by atoms with Gasteiger partial charge in [-0.3, -0.25) is 0 Å². The van der Waals surface area contributed by atoms with E-state index in [0.717, 1.165) is 16.4 Å². The number of nitrogens with zero attached hydrogens (tertiary/aromatic N) is 1. The largest absolute Gasteiger partial charge is 0.478 e. The van der Waals surface area contributed by atoms with Crippen molar-refractivity contribution in [1.82, 2.24) is 4.31 Å². The average Bonchev–Trinajstić information content (AvgIpc) is 2.37. The lowest BCUT2D eigenvalue weighted by molar-refractivity contribution is 0.0696. The summed E-state index contributed by atoms with van der Waals surface area (Å²) in [7, 11) is -4.00. The van der Waals surface area contributed by atoms with Gasteiger partial charge in [0.05, 0.1) is 5.56 Å². The lowest BCUT2D eigenvalue weighted by atomic mass is 10.2. The highest BCUT2D eigenvalue weighted by Gasteiger charge is 2.26. The van der Waals surface area contributed by atoms with Crippen molar-refractivity contribution in [3.63, 3.8) is 0 Å². The summed E-state index contributed by atoms with van der Waals surface area (Å²) in [5.74, 6) is -2.39. The van der Waals surface area contributed by atoms with Gasteiger partial charge in [0.25, 0.3) is 0 Å². The fourth-order valence-corrected chi connectivity index (χ4v) is 3.23. The molecule has 20 heavy (non-hydrogen) atoms. The van der Waals surface area contributed by atoms with Crippen molar-refractivity contribution < 1.29 is 22.7 Å². The first-order valence-corrected chi connectivity index (χ1v) is 7.42. The van der Waals surface area contributed by atoms with E-state index in [4.69, 9.17) is 5.11 Å². The molecule has 0 aromatic heterocycles. The maximum Gasteiger partial charge on any atom is 0.335 e. The predicted molar refractivity (Wildman–Crippen MR) is 72.6 cm³/mol. The van der Waals surface area contributed by atoms with Crippen LogP contribution in [-0.2, 0) is 10.0 Å². The van der Waals surface area contributed by atoms with Gasteiger partial charge < -0.3 is 5.11 Å². The normalized spacial score (nSPS) is 11.6. The fraction of sp³-hybridized carbons (Fsp3) is 0.308. The Balaban J connectivity index is 3.26. The molecular weight excluding hydrogens is 285 g/mol. The summed E-state index contributed by atoms with van der Waals surface area (Å²) < 4.78 is 39.6. The Kier molecular flexibility index (Phi) is 5.41. The minimum atomic E-state index is -4.00. The number of sulfonamides is 1. The smallest absolute Gasteiger partial charge is 0.335 e. The van der Waals surface area contributed by atoms with Gasteiger partial charge >= 0.3 is 5.97 Å². The monoisotopic (exact) mass is 301 g/mol. The molecule has 0 bridgehead atoms. The van der Waals surface area contributed by atoms with E-state index >= 15 is 0 Å². The summed E-state index contributed by atoms with van der Waals surface area (Å²) in [6, 6.07) is 2.74. The van der Waals surface area contributed by atoms with Crippen molar-refractivity contribution in [3.8, 4) is 0 Å². The highest BCUT2D eigenvalue weighted by Crippen LogP contribution is 2.21. The quantitative estimate of drug-likeness (QED) is 0.783. The van der Waals surface area contributed by atoms with Gasteiger partial charge in [0.15, 0.2) is 0 Å². The summed E-state index contributed by atoms with van der Waals surface area (Å²) in [6.07, 6.45) is 1.98. The molecule has 1 N–H and O–H groups in total. The van der Waals surface area contributed by atoms with Gasteiger partial charge in [0.2, 0.25) is 10.0 Å². The minimum Gasteiger partial charge on any atom is -0.478 e. The molecule has 5 nitrogen and oxygen atoms in total. The molecule has 0 fully saturated rings. The lowest BCUT2D eigenvalue weighted by Gasteiger charge is -2.20. The van der Waals surface area contributed by atoms with Crippen molar-refractivity contribution >= 4 is 16.0 Å². The van der Waals surface area contributed by atoms with E-state index in [1.165, 1.54) is 6.08 Å². The molecule has 0 saturated carbocycles. The molecule has 0 unspecified atom stereocenters. The second kappa shape index (κ2) is 6.62. The number of rotatable bonds is 7.